The number of rotatable bonds is 3. The van der Waals surface area contributed by atoms with Gasteiger partial charge in [0, 0.05) is 0 Å². The molecule has 29 heavy (non-hydrogen) atoms. The number of hydrogen-bond acceptors (Lipinski definition) is 0. The summed E-state index contributed by atoms with van der Waals surface area (Å²) in [5, 5.41) is 7.58. The molecule has 0 heterocycles. The first-order valence-corrected chi connectivity index (χ1v) is 10.0. The molecule has 5 aromatic carbocycles. The molecule has 0 aliphatic rings. The molecule has 0 nitrogen and oxygen atoms in total. The van der Waals surface area contributed by atoms with Crippen LogP contribution in [0.5, 0.6) is 0 Å². The lowest BCUT2D eigenvalue weighted by atomic mass is 9.85. The largest absolute Gasteiger partial charge is 0.0911 e. The van der Waals surface area contributed by atoms with E-state index < -0.39 is 0 Å². The summed E-state index contributed by atoms with van der Waals surface area (Å²) in [6.45, 7) is 6.42. The first kappa shape index (κ1) is 17.5. The van der Waals surface area contributed by atoms with Gasteiger partial charge in [0.15, 0.2) is 0 Å². The van der Waals surface area contributed by atoms with Gasteiger partial charge in [0.25, 0.3) is 0 Å². The molecule has 0 N–H and O–H groups in total. The smallest absolute Gasteiger partial charge is 0.00201 e. The van der Waals surface area contributed by atoms with Crippen LogP contribution in [0.25, 0.3) is 49.0 Å². The monoisotopic (exact) mass is 370 g/mol. The van der Waals surface area contributed by atoms with Crippen LogP contribution in [-0.4, -0.2) is 0 Å². The third kappa shape index (κ3) is 2.77. The summed E-state index contributed by atoms with van der Waals surface area (Å²) in [5.41, 5.74) is 4.84. The van der Waals surface area contributed by atoms with E-state index in [9.17, 15) is 0 Å². The number of benzene rings is 5. The average Bonchev–Trinajstić information content (AvgIpc) is 2.77. The normalized spacial score (nSPS) is 11.6. The Morgan fingerprint density at radius 3 is 1.76 bits per heavy atom. The van der Waals surface area contributed by atoms with Gasteiger partial charge in [-0.2, -0.15) is 0 Å². The van der Waals surface area contributed by atoms with Crippen molar-refractivity contribution in [2.45, 2.75) is 6.92 Å². The summed E-state index contributed by atoms with van der Waals surface area (Å²) in [6.07, 6.45) is 4.16. The van der Waals surface area contributed by atoms with Gasteiger partial charge in [-0.25, -0.2) is 0 Å². The van der Waals surface area contributed by atoms with Gasteiger partial charge in [-0.3, -0.25) is 0 Å². The van der Waals surface area contributed by atoms with E-state index in [1.54, 1.807) is 0 Å². The molecule has 0 aromatic heterocycles. The third-order valence-corrected chi connectivity index (χ3v) is 5.68. The van der Waals surface area contributed by atoms with Gasteiger partial charge in [0.05, 0.1) is 0 Å². The number of allylic oxidation sites excluding steroid dienone is 3. The van der Waals surface area contributed by atoms with Crippen molar-refractivity contribution in [3.63, 3.8) is 0 Å². The molecule has 0 amide bonds. The zero-order valence-electron chi connectivity index (χ0n) is 16.5. The Morgan fingerprint density at radius 1 is 0.621 bits per heavy atom. The van der Waals surface area contributed by atoms with E-state index in [4.69, 9.17) is 0 Å². The SMILES string of the molecule is C=C(/C=C\C)c1c2ccccc2c(-c2cccc3ccccc23)c2ccccc12. The molecule has 138 valence electrons. The van der Waals surface area contributed by atoms with Crippen LogP contribution in [-0.2, 0) is 0 Å². The van der Waals surface area contributed by atoms with Gasteiger partial charge in [0.2, 0.25) is 0 Å². The fourth-order valence-electron chi connectivity index (χ4n) is 4.49. The van der Waals surface area contributed by atoms with E-state index in [0.29, 0.717) is 0 Å². The highest BCUT2D eigenvalue weighted by Crippen LogP contribution is 2.43. The maximum atomic E-state index is 4.38. The van der Waals surface area contributed by atoms with Crippen LogP contribution >= 0.6 is 0 Å². The second kappa shape index (κ2) is 7.07. The van der Waals surface area contributed by atoms with E-state index in [-0.39, 0.29) is 0 Å². The molecule has 5 rings (SSSR count). The fourth-order valence-corrected chi connectivity index (χ4v) is 4.49. The average molecular weight is 370 g/mol. The van der Waals surface area contributed by atoms with Gasteiger partial charge in [-0.15, -0.1) is 0 Å². The van der Waals surface area contributed by atoms with Crippen molar-refractivity contribution in [3.05, 3.63) is 115 Å². The lowest BCUT2D eigenvalue weighted by Gasteiger charge is -2.18. The molecule has 0 unspecified atom stereocenters. The Bertz CT molecular complexity index is 1350. The Balaban J connectivity index is 2.02. The minimum absolute atomic E-state index is 1.05. The van der Waals surface area contributed by atoms with Crippen molar-refractivity contribution in [2.75, 3.05) is 0 Å². The van der Waals surface area contributed by atoms with Crippen molar-refractivity contribution in [3.8, 4) is 11.1 Å². The lowest BCUT2D eigenvalue weighted by Crippen LogP contribution is -1.92. The Hall–Kier alpha value is -3.64. The Labute approximate surface area is 171 Å². The molecule has 5 aromatic rings. The van der Waals surface area contributed by atoms with Crippen molar-refractivity contribution in [2.24, 2.45) is 0 Å². The third-order valence-electron chi connectivity index (χ3n) is 5.68. The van der Waals surface area contributed by atoms with Crippen LogP contribution in [0.15, 0.2) is 110 Å². The van der Waals surface area contributed by atoms with Gasteiger partial charge in [-0.1, -0.05) is 110 Å². The molecule has 0 aliphatic carbocycles. The predicted molar refractivity (Wildman–Crippen MR) is 128 cm³/mol. The molecule has 0 spiro atoms. The van der Waals surface area contributed by atoms with Crippen molar-refractivity contribution in [1.82, 2.24) is 0 Å². The summed E-state index contributed by atoms with van der Waals surface area (Å²) in [7, 11) is 0. The van der Waals surface area contributed by atoms with Crippen LogP contribution in [0.4, 0.5) is 0 Å². The van der Waals surface area contributed by atoms with Crippen molar-refractivity contribution in [1.29, 1.82) is 0 Å². The summed E-state index contributed by atoms with van der Waals surface area (Å²) in [6, 6.07) is 32.7. The topological polar surface area (TPSA) is 0 Å². The van der Waals surface area contributed by atoms with Crippen LogP contribution in [0.3, 0.4) is 0 Å². The van der Waals surface area contributed by atoms with Gasteiger partial charge < -0.3 is 0 Å². The molecule has 0 saturated carbocycles. The minimum atomic E-state index is 1.05. The molecule has 0 fully saturated rings. The van der Waals surface area contributed by atoms with Crippen molar-refractivity contribution < 1.29 is 0 Å². The van der Waals surface area contributed by atoms with E-state index in [1.807, 2.05) is 6.92 Å². The minimum Gasteiger partial charge on any atom is -0.0911 e. The zero-order valence-corrected chi connectivity index (χ0v) is 16.5. The number of hydrogen-bond donors (Lipinski definition) is 0. The summed E-state index contributed by atoms with van der Waals surface area (Å²) in [4.78, 5) is 0. The summed E-state index contributed by atoms with van der Waals surface area (Å²) >= 11 is 0. The first-order valence-electron chi connectivity index (χ1n) is 10.0. The van der Waals surface area contributed by atoms with E-state index in [0.717, 1.165) is 5.57 Å². The van der Waals surface area contributed by atoms with E-state index in [1.165, 1.54) is 49.0 Å². The first-order chi connectivity index (χ1) is 14.3. The van der Waals surface area contributed by atoms with Crippen molar-refractivity contribution >= 4 is 37.9 Å². The highest BCUT2D eigenvalue weighted by atomic mass is 14.2. The predicted octanol–water partition coefficient (Wildman–Crippen LogP) is 8.40. The molecule has 0 saturated heterocycles. The fraction of sp³-hybridized carbons (Fsp3) is 0.0345. The molecule has 0 bridgehead atoms. The Kier molecular flexibility index (Phi) is 4.26. The van der Waals surface area contributed by atoms with E-state index in [2.05, 4.69) is 110 Å². The molecule has 0 heteroatoms. The standard InChI is InChI=1S/C29H22/c1-3-11-20(2)28-24-15-6-8-17-26(24)29(27-18-9-7-16-25(27)28)23-19-10-13-21-12-4-5-14-22(21)23/h3-19H,2H2,1H3/b11-3-. The molecular formula is C29H22. The maximum Gasteiger partial charge on any atom is -0.00201 e. The highest BCUT2D eigenvalue weighted by Gasteiger charge is 2.17. The van der Waals surface area contributed by atoms with Gasteiger partial charge in [-0.05, 0) is 61.5 Å². The Morgan fingerprint density at radius 2 is 1.14 bits per heavy atom. The summed E-state index contributed by atoms with van der Waals surface area (Å²) < 4.78 is 0. The second-order valence-electron chi connectivity index (χ2n) is 7.39. The van der Waals surface area contributed by atoms with E-state index >= 15 is 0 Å². The molecule has 0 aliphatic heterocycles. The van der Waals surface area contributed by atoms with Gasteiger partial charge in [0.1, 0.15) is 0 Å². The molecular weight excluding hydrogens is 348 g/mol. The zero-order chi connectivity index (χ0) is 19.8. The number of fused-ring (bicyclic) bond motifs is 3. The second-order valence-corrected chi connectivity index (χ2v) is 7.39. The van der Waals surface area contributed by atoms with Crippen LogP contribution in [0.1, 0.15) is 12.5 Å². The van der Waals surface area contributed by atoms with Crippen LogP contribution < -0.4 is 0 Å². The maximum absolute atomic E-state index is 4.38. The summed E-state index contributed by atoms with van der Waals surface area (Å²) in [5.74, 6) is 0. The molecule has 0 radical (unpaired) electrons. The lowest BCUT2D eigenvalue weighted by molar-refractivity contribution is 1.67. The van der Waals surface area contributed by atoms with Gasteiger partial charge >= 0.3 is 0 Å². The quantitative estimate of drug-likeness (QED) is 0.221. The van der Waals surface area contributed by atoms with Crippen LogP contribution in [0, 0.1) is 0 Å². The highest BCUT2D eigenvalue weighted by molar-refractivity contribution is 6.21. The van der Waals surface area contributed by atoms with Crippen LogP contribution in [0.2, 0.25) is 0 Å². The molecule has 0 atom stereocenters.